The third-order valence-electron chi connectivity index (χ3n) is 5.51. The van der Waals surface area contributed by atoms with Gasteiger partial charge in [-0.15, -0.1) is 24.0 Å². The minimum atomic E-state index is 0. The van der Waals surface area contributed by atoms with Crippen LogP contribution in [0.1, 0.15) is 25.1 Å². The molecule has 1 aromatic heterocycles. The fourth-order valence-electron chi connectivity index (χ4n) is 3.99. The number of aliphatic imine (C=N–C) groups is 1. The van der Waals surface area contributed by atoms with E-state index in [2.05, 4.69) is 55.2 Å². The van der Waals surface area contributed by atoms with Gasteiger partial charge in [0, 0.05) is 46.4 Å². The number of rotatable bonds is 9. The number of hydrogen-bond acceptors (Lipinski definition) is 4. The normalized spacial score (nSPS) is 17.5. The Balaban J connectivity index is 0.00000300. The Hall–Kier alpha value is -1.39. The van der Waals surface area contributed by atoms with E-state index in [9.17, 15) is 0 Å². The van der Waals surface area contributed by atoms with Crippen LogP contribution in [-0.4, -0.2) is 73.4 Å². The summed E-state index contributed by atoms with van der Waals surface area (Å²) in [7, 11) is 3.60. The first kappa shape index (κ1) is 23.9. The smallest absolute Gasteiger partial charge is 0.191 e. The molecule has 2 heterocycles. The molecule has 29 heavy (non-hydrogen) atoms. The lowest BCUT2D eigenvalue weighted by Crippen LogP contribution is -2.45. The SMILES string of the molecule is CN=C(NCCCn1c(C)nc2ccccc21)NCC1CCCN1CCOC.I. The molecule has 0 aliphatic carbocycles. The number of aryl methyl sites for hydroxylation is 2. The van der Waals surface area contributed by atoms with Crippen LogP contribution in [-0.2, 0) is 11.3 Å². The Morgan fingerprint density at radius 2 is 2.10 bits per heavy atom. The van der Waals surface area contributed by atoms with E-state index in [0.29, 0.717) is 6.04 Å². The predicted molar refractivity (Wildman–Crippen MR) is 130 cm³/mol. The summed E-state index contributed by atoms with van der Waals surface area (Å²) in [5.41, 5.74) is 2.28. The van der Waals surface area contributed by atoms with Gasteiger partial charge in [0.1, 0.15) is 5.82 Å². The van der Waals surface area contributed by atoms with Crippen LogP contribution in [0.3, 0.4) is 0 Å². The number of nitrogens with one attached hydrogen (secondary N) is 2. The van der Waals surface area contributed by atoms with Gasteiger partial charge in [-0.05, 0) is 44.9 Å². The van der Waals surface area contributed by atoms with Crippen LogP contribution in [0.25, 0.3) is 11.0 Å². The molecule has 1 aliphatic rings. The zero-order chi connectivity index (χ0) is 19.8. The molecule has 7 nitrogen and oxygen atoms in total. The van der Waals surface area contributed by atoms with Gasteiger partial charge in [0.25, 0.3) is 0 Å². The Morgan fingerprint density at radius 3 is 2.90 bits per heavy atom. The van der Waals surface area contributed by atoms with Crippen LogP contribution < -0.4 is 10.6 Å². The van der Waals surface area contributed by atoms with Crippen LogP contribution in [0.15, 0.2) is 29.3 Å². The monoisotopic (exact) mass is 514 g/mol. The number of aromatic nitrogens is 2. The van der Waals surface area contributed by atoms with Gasteiger partial charge in [-0.3, -0.25) is 9.89 Å². The average Bonchev–Trinajstić information content (AvgIpc) is 3.29. The molecule has 0 bridgehead atoms. The number of nitrogens with zero attached hydrogens (tertiary/aromatic N) is 4. The summed E-state index contributed by atoms with van der Waals surface area (Å²) < 4.78 is 7.52. The molecule has 0 saturated carbocycles. The van der Waals surface area contributed by atoms with Crippen LogP contribution in [0.4, 0.5) is 0 Å². The van der Waals surface area contributed by atoms with Crippen LogP contribution in [0, 0.1) is 6.92 Å². The van der Waals surface area contributed by atoms with Crippen LogP contribution >= 0.6 is 24.0 Å². The van der Waals surface area contributed by atoms with E-state index in [1.54, 1.807) is 7.11 Å². The molecule has 1 fully saturated rings. The van der Waals surface area contributed by atoms with Gasteiger partial charge in [0.2, 0.25) is 0 Å². The minimum Gasteiger partial charge on any atom is -0.383 e. The molecule has 3 rings (SSSR count). The first-order chi connectivity index (χ1) is 13.7. The van der Waals surface area contributed by atoms with E-state index in [4.69, 9.17) is 4.74 Å². The lowest BCUT2D eigenvalue weighted by molar-refractivity contribution is 0.141. The summed E-state index contributed by atoms with van der Waals surface area (Å²) in [6.45, 7) is 7.80. The number of hydrogen-bond donors (Lipinski definition) is 2. The van der Waals surface area contributed by atoms with Crippen molar-refractivity contribution in [1.82, 2.24) is 25.1 Å². The van der Waals surface area contributed by atoms with Crippen molar-refractivity contribution >= 4 is 41.0 Å². The third kappa shape index (κ3) is 6.55. The Kier molecular flexibility index (Phi) is 10.2. The predicted octanol–water partition coefficient (Wildman–Crippen LogP) is 2.63. The number of likely N-dealkylation sites (tertiary alicyclic amines) is 1. The first-order valence-electron chi connectivity index (χ1n) is 10.3. The van der Waals surface area contributed by atoms with E-state index in [1.165, 1.54) is 24.9 Å². The zero-order valence-electron chi connectivity index (χ0n) is 17.9. The minimum absolute atomic E-state index is 0. The summed E-state index contributed by atoms with van der Waals surface area (Å²) in [6, 6.07) is 8.88. The van der Waals surface area contributed by atoms with Gasteiger partial charge in [-0.1, -0.05) is 12.1 Å². The summed E-state index contributed by atoms with van der Waals surface area (Å²) in [6.07, 6.45) is 3.52. The highest BCUT2D eigenvalue weighted by atomic mass is 127. The largest absolute Gasteiger partial charge is 0.383 e. The van der Waals surface area contributed by atoms with Crippen molar-refractivity contribution in [3.63, 3.8) is 0 Å². The number of imidazole rings is 1. The topological polar surface area (TPSA) is 66.7 Å². The van der Waals surface area contributed by atoms with Gasteiger partial charge >= 0.3 is 0 Å². The molecule has 1 saturated heterocycles. The Bertz CT molecular complexity index is 778. The quantitative estimate of drug-likeness (QED) is 0.233. The number of halogens is 1. The lowest BCUT2D eigenvalue weighted by atomic mass is 10.2. The molecule has 2 aromatic rings. The number of benzene rings is 1. The van der Waals surface area contributed by atoms with Gasteiger partial charge in [0.15, 0.2) is 5.96 Å². The van der Waals surface area contributed by atoms with E-state index in [-0.39, 0.29) is 24.0 Å². The molecule has 0 radical (unpaired) electrons. The van der Waals surface area contributed by atoms with Crippen LogP contribution in [0.2, 0.25) is 0 Å². The maximum atomic E-state index is 5.23. The fourth-order valence-corrected chi connectivity index (χ4v) is 3.99. The molecule has 1 atom stereocenters. The zero-order valence-corrected chi connectivity index (χ0v) is 20.2. The van der Waals surface area contributed by atoms with Crippen molar-refractivity contribution in [3.8, 4) is 0 Å². The number of ether oxygens (including phenoxy) is 1. The molecule has 1 aliphatic heterocycles. The van der Waals surface area contributed by atoms with Crippen molar-refractivity contribution in [2.24, 2.45) is 4.99 Å². The van der Waals surface area contributed by atoms with E-state index in [1.807, 2.05) is 13.1 Å². The Labute approximate surface area is 191 Å². The van der Waals surface area contributed by atoms with Crippen LogP contribution in [0.5, 0.6) is 0 Å². The Morgan fingerprint density at radius 1 is 1.28 bits per heavy atom. The highest BCUT2D eigenvalue weighted by Crippen LogP contribution is 2.16. The number of guanidine groups is 1. The number of methoxy groups -OCH3 is 1. The van der Waals surface area contributed by atoms with E-state index < -0.39 is 0 Å². The standard InChI is InChI=1S/C21H34N6O.HI/c1-17-25-19-9-4-5-10-20(19)27(17)13-7-11-23-21(22-2)24-16-18-8-6-12-26(18)14-15-28-3;/h4-5,9-10,18H,6-8,11-16H2,1-3H3,(H2,22,23,24);1H. The second kappa shape index (κ2) is 12.3. The number of fused-ring (bicyclic) bond motifs is 1. The van der Waals surface area contributed by atoms with Gasteiger partial charge in [-0.25, -0.2) is 4.98 Å². The van der Waals surface area contributed by atoms with Crippen molar-refractivity contribution in [3.05, 3.63) is 30.1 Å². The first-order valence-corrected chi connectivity index (χ1v) is 10.3. The molecular weight excluding hydrogens is 479 g/mol. The summed E-state index contributed by atoms with van der Waals surface area (Å²) >= 11 is 0. The summed E-state index contributed by atoms with van der Waals surface area (Å²) in [5, 5.41) is 6.93. The maximum absolute atomic E-state index is 5.23. The highest BCUT2D eigenvalue weighted by molar-refractivity contribution is 14.0. The molecule has 162 valence electrons. The van der Waals surface area contributed by atoms with Crippen molar-refractivity contribution in [2.75, 3.05) is 46.9 Å². The second-order valence-corrected chi connectivity index (χ2v) is 7.36. The van der Waals surface area contributed by atoms with Crippen molar-refractivity contribution in [2.45, 2.75) is 38.8 Å². The average molecular weight is 514 g/mol. The molecule has 2 N–H and O–H groups in total. The molecule has 1 unspecified atom stereocenters. The van der Waals surface area contributed by atoms with Gasteiger partial charge < -0.3 is 19.9 Å². The second-order valence-electron chi connectivity index (χ2n) is 7.36. The maximum Gasteiger partial charge on any atom is 0.191 e. The summed E-state index contributed by atoms with van der Waals surface area (Å²) in [4.78, 5) is 11.5. The highest BCUT2D eigenvalue weighted by Gasteiger charge is 2.23. The lowest BCUT2D eigenvalue weighted by Gasteiger charge is -2.25. The van der Waals surface area contributed by atoms with E-state index in [0.717, 1.165) is 56.5 Å². The van der Waals surface area contributed by atoms with Gasteiger partial charge in [-0.2, -0.15) is 0 Å². The summed E-state index contributed by atoms with van der Waals surface area (Å²) in [5.74, 6) is 1.95. The molecule has 1 aromatic carbocycles. The molecule has 8 heteroatoms. The molecule has 0 spiro atoms. The van der Waals surface area contributed by atoms with Crippen molar-refractivity contribution < 1.29 is 4.74 Å². The fraction of sp³-hybridized carbons (Fsp3) is 0.619. The third-order valence-corrected chi connectivity index (χ3v) is 5.51. The number of para-hydroxylation sites is 2. The van der Waals surface area contributed by atoms with Crippen molar-refractivity contribution in [1.29, 1.82) is 0 Å². The molecular formula is C21H35IN6O. The molecule has 0 amide bonds. The van der Waals surface area contributed by atoms with Gasteiger partial charge in [0.05, 0.1) is 17.6 Å². The van der Waals surface area contributed by atoms with E-state index >= 15 is 0 Å².